The third-order valence-electron chi connectivity index (χ3n) is 16.9. The van der Waals surface area contributed by atoms with E-state index in [0.29, 0.717) is 36.9 Å². The molecule has 0 spiro atoms. The molecule has 0 bridgehead atoms. The molecule has 518 valence electrons. The summed E-state index contributed by atoms with van der Waals surface area (Å²) in [4.78, 5) is 88.3. The van der Waals surface area contributed by atoms with Gasteiger partial charge in [-0.3, -0.25) is 33.6 Å². The standard InChI is InChI=1S/C69H122O20/c1-44(2)24-18-26-46(5)28-20-30-48(7)32-22-34-50(9)36-38-77-40-59(78-39-37-51(10)35-23-33-49(8)31-21-29-47(6)27-19-25-45(3)4)41-80-68-66(86-57(16)75)65(85-56(15)74)63(83-54(13)72)61(89-68)43-81-69-67(87-58(17)76)64(84-55(14)73)62(82-53(12)71)60(88-69)42-79-52(11)70/h44-51,59-69H,18-43H2,1-17H3/t46?,47?,48?,49?,50?,51?,59?,60-,61-,62-,63-,64+,65+,66-,67-,68-,69+/m1/s1. The second-order valence-electron chi connectivity index (χ2n) is 27.1. The van der Waals surface area contributed by atoms with Crippen LogP contribution < -0.4 is 0 Å². The van der Waals surface area contributed by atoms with E-state index in [4.69, 9.17) is 61.6 Å². The molecule has 2 aliphatic rings. The summed E-state index contributed by atoms with van der Waals surface area (Å²) in [6.07, 6.45) is 8.19. The van der Waals surface area contributed by atoms with Gasteiger partial charge in [0, 0.05) is 61.7 Å². The van der Waals surface area contributed by atoms with Crippen molar-refractivity contribution in [3.63, 3.8) is 0 Å². The van der Waals surface area contributed by atoms with Crippen molar-refractivity contribution in [3.05, 3.63) is 0 Å². The van der Waals surface area contributed by atoms with Crippen LogP contribution in [0.3, 0.4) is 0 Å². The van der Waals surface area contributed by atoms with Crippen molar-refractivity contribution in [2.45, 2.75) is 314 Å². The van der Waals surface area contributed by atoms with Crippen LogP contribution in [0.2, 0.25) is 0 Å². The molecule has 2 saturated heterocycles. The Morgan fingerprint density at radius 2 is 0.629 bits per heavy atom. The van der Waals surface area contributed by atoms with Gasteiger partial charge < -0.3 is 61.6 Å². The van der Waals surface area contributed by atoms with Crippen molar-refractivity contribution in [1.82, 2.24) is 0 Å². The third kappa shape index (κ3) is 36.8. The Hall–Kier alpha value is -3.95. The number of carbonyl (C=O) groups is 7. The molecule has 0 N–H and O–H groups in total. The van der Waals surface area contributed by atoms with Gasteiger partial charge in [-0.15, -0.1) is 0 Å². The summed E-state index contributed by atoms with van der Waals surface area (Å²) in [6, 6.07) is 0. The SMILES string of the molecule is CC(=O)OC[C@H]1O[C@H](OC[C@H]2O[C@@H](OCC(COCCC(C)CCCC(C)CCCC(C)CCCC(C)C)OCCC(C)CCCC(C)CCCC(C)CCCC(C)C)[C@H](OC(C)=O)[C@@H](OC(C)=O)[C@@H]2OC(C)=O)[C@H](OC(C)=O)[C@@H](OC(C)=O)[C@@H]1OC(C)=O. The molecule has 0 aliphatic carbocycles. The van der Waals surface area contributed by atoms with E-state index in [9.17, 15) is 33.6 Å². The molecule has 20 nitrogen and oxygen atoms in total. The molecule has 2 rings (SSSR count). The van der Waals surface area contributed by atoms with Gasteiger partial charge in [0.2, 0.25) is 0 Å². The number of rotatable bonds is 47. The van der Waals surface area contributed by atoms with Crippen LogP contribution in [0.15, 0.2) is 0 Å². The average molecular weight is 1270 g/mol. The lowest BCUT2D eigenvalue weighted by Crippen LogP contribution is -2.65. The quantitative estimate of drug-likeness (QED) is 0.0312. The van der Waals surface area contributed by atoms with Crippen molar-refractivity contribution in [2.24, 2.45) is 47.3 Å². The zero-order valence-electron chi connectivity index (χ0n) is 58.0. The molecule has 7 unspecified atom stereocenters. The van der Waals surface area contributed by atoms with E-state index in [1.807, 2.05) is 0 Å². The molecular formula is C69H122O20. The summed E-state index contributed by atoms with van der Waals surface area (Å²) in [5.41, 5.74) is 0. The maximum atomic E-state index is 12.9. The Balaban J connectivity index is 2.37. The Labute approximate surface area is 535 Å². The number of carbonyl (C=O) groups excluding carboxylic acids is 7. The lowest BCUT2D eigenvalue weighted by Gasteiger charge is -2.46. The Morgan fingerprint density at radius 3 is 0.978 bits per heavy atom. The molecule has 2 aliphatic heterocycles. The second kappa shape index (κ2) is 45.4. The average Bonchev–Trinajstić information content (AvgIpc) is 1.06. The van der Waals surface area contributed by atoms with Crippen LogP contribution in [0.1, 0.15) is 246 Å². The molecule has 0 aromatic rings. The number of hydrogen-bond donors (Lipinski definition) is 0. The Bertz CT molecular complexity index is 2000. The number of hydrogen-bond acceptors (Lipinski definition) is 20. The van der Waals surface area contributed by atoms with Gasteiger partial charge in [0.15, 0.2) is 49.2 Å². The van der Waals surface area contributed by atoms with Crippen LogP contribution in [0.4, 0.5) is 0 Å². The number of esters is 7. The van der Waals surface area contributed by atoms with Gasteiger partial charge in [-0.25, -0.2) is 0 Å². The van der Waals surface area contributed by atoms with E-state index in [2.05, 4.69) is 69.2 Å². The summed E-state index contributed by atoms with van der Waals surface area (Å²) in [5.74, 6) is -0.443. The fourth-order valence-corrected chi connectivity index (χ4v) is 11.8. The molecule has 0 saturated carbocycles. The Kier molecular flexibility index (Phi) is 41.4. The fourth-order valence-electron chi connectivity index (χ4n) is 11.8. The first-order valence-electron chi connectivity index (χ1n) is 33.9. The zero-order valence-corrected chi connectivity index (χ0v) is 58.0. The highest BCUT2D eigenvalue weighted by molar-refractivity contribution is 5.69. The second-order valence-corrected chi connectivity index (χ2v) is 27.1. The molecule has 0 amide bonds. The molecule has 0 aromatic heterocycles. The normalized spacial score (nSPS) is 24.3. The molecule has 0 radical (unpaired) electrons. The topological polar surface area (TPSA) is 239 Å². The van der Waals surface area contributed by atoms with Gasteiger partial charge >= 0.3 is 41.8 Å². The number of ether oxygens (including phenoxy) is 13. The van der Waals surface area contributed by atoms with E-state index >= 15 is 0 Å². The van der Waals surface area contributed by atoms with Crippen LogP contribution in [0.25, 0.3) is 0 Å². The van der Waals surface area contributed by atoms with Crippen LogP contribution >= 0.6 is 0 Å². The van der Waals surface area contributed by atoms with Gasteiger partial charge in [0.1, 0.15) is 24.9 Å². The minimum absolute atomic E-state index is 0.146. The van der Waals surface area contributed by atoms with Crippen LogP contribution in [-0.2, 0) is 95.1 Å². The molecule has 2 heterocycles. The van der Waals surface area contributed by atoms with Crippen molar-refractivity contribution in [2.75, 3.05) is 39.6 Å². The summed E-state index contributed by atoms with van der Waals surface area (Å²) < 4.78 is 77.6. The molecular weight excluding hydrogens is 1150 g/mol. The lowest BCUT2D eigenvalue weighted by molar-refractivity contribution is -0.336. The van der Waals surface area contributed by atoms with E-state index in [0.717, 1.165) is 111 Å². The van der Waals surface area contributed by atoms with Gasteiger partial charge in [-0.1, -0.05) is 185 Å². The van der Waals surface area contributed by atoms with Crippen molar-refractivity contribution in [3.8, 4) is 0 Å². The van der Waals surface area contributed by atoms with Crippen LogP contribution in [0.5, 0.6) is 0 Å². The van der Waals surface area contributed by atoms with Crippen molar-refractivity contribution >= 4 is 41.8 Å². The fraction of sp³-hybridized carbons (Fsp3) is 0.899. The van der Waals surface area contributed by atoms with E-state index in [-0.39, 0.29) is 13.2 Å². The minimum Gasteiger partial charge on any atom is -0.463 e. The first kappa shape index (κ1) is 81.1. The van der Waals surface area contributed by atoms with Crippen LogP contribution in [0, 0.1) is 47.3 Å². The maximum absolute atomic E-state index is 12.9. The lowest BCUT2D eigenvalue weighted by atomic mass is 9.91. The highest BCUT2D eigenvalue weighted by atomic mass is 16.8. The van der Waals surface area contributed by atoms with Gasteiger partial charge in [0.05, 0.1) is 19.8 Å². The largest absolute Gasteiger partial charge is 0.463 e. The maximum Gasteiger partial charge on any atom is 0.303 e. The van der Waals surface area contributed by atoms with Crippen molar-refractivity contribution < 1.29 is 95.1 Å². The van der Waals surface area contributed by atoms with E-state index < -0.39 is 123 Å². The minimum atomic E-state index is -1.67. The summed E-state index contributed by atoms with van der Waals surface area (Å²) in [7, 11) is 0. The molecule has 89 heavy (non-hydrogen) atoms. The highest BCUT2D eigenvalue weighted by Crippen LogP contribution is 2.34. The summed E-state index contributed by atoms with van der Waals surface area (Å²) in [6.45, 7) is 30.8. The first-order valence-corrected chi connectivity index (χ1v) is 33.9. The highest BCUT2D eigenvalue weighted by Gasteiger charge is 2.56. The van der Waals surface area contributed by atoms with E-state index in [1.165, 1.54) is 89.9 Å². The van der Waals surface area contributed by atoms with Gasteiger partial charge in [0.25, 0.3) is 0 Å². The molecule has 2 fully saturated rings. The predicted octanol–water partition coefficient (Wildman–Crippen LogP) is 13.0. The molecule has 20 heteroatoms. The van der Waals surface area contributed by atoms with Gasteiger partial charge in [-0.2, -0.15) is 0 Å². The van der Waals surface area contributed by atoms with Gasteiger partial charge in [-0.05, 0) is 60.2 Å². The summed E-state index contributed by atoms with van der Waals surface area (Å²) >= 11 is 0. The third-order valence-corrected chi connectivity index (χ3v) is 16.9. The zero-order chi connectivity index (χ0) is 66.6. The predicted molar refractivity (Wildman–Crippen MR) is 337 cm³/mol. The van der Waals surface area contributed by atoms with Crippen molar-refractivity contribution in [1.29, 1.82) is 0 Å². The molecule has 0 aromatic carbocycles. The Morgan fingerprint density at radius 1 is 0.326 bits per heavy atom. The van der Waals surface area contributed by atoms with Crippen LogP contribution in [-0.4, -0.2) is 149 Å². The first-order chi connectivity index (χ1) is 42.0. The monoisotopic (exact) mass is 1270 g/mol. The molecule has 17 atom stereocenters. The van der Waals surface area contributed by atoms with E-state index in [1.54, 1.807) is 0 Å². The smallest absolute Gasteiger partial charge is 0.303 e. The summed E-state index contributed by atoms with van der Waals surface area (Å²) in [5, 5.41) is 0.